The Morgan fingerprint density at radius 3 is 2.24 bits per heavy atom. The highest BCUT2D eigenvalue weighted by atomic mass is 35.5. The molecule has 156 valence electrons. The molecule has 2 amide bonds. The molecule has 0 aliphatic rings. The van der Waals surface area contributed by atoms with Crippen LogP contribution in [-0.4, -0.2) is 28.8 Å². The molecule has 0 aromatic heterocycles. The second-order valence-corrected chi connectivity index (χ2v) is 8.07. The van der Waals surface area contributed by atoms with Gasteiger partial charge in [0, 0.05) is 22.6 Å². The number of benzene rings is 2. The van der Waals surface area contributed by atoms with Gasteiger partial charge in [-0.05, 0) is 55.2 Å². The molecule has 4 nitrogen and oxygen atoms in total. The monoisotopic (exact) mass is 434 g/mol. The van der Waals surface area contributed by atoms with Crippen molar-refractivity contribution in [3.8, 4) is 0 Å². The fraction of sp³-hybridized carbons (Fsp3) is 0.391. The number of halogens is 2. The molecule has 2 aromatic carbocycles. The summed E-state index contributed by atoms with van der Waals surface area (Å²) in [7, 11) is 0. The van der Waals surface area contributed by atoms with Gasteiger partial charge in [0.25, 0.3) is 0 Å². The van der Waals surface area contributed by atoms with Crippen LogP contribution in [0.5, 0.6) is 0 Å². The highest BCUT2D eigenvalue weighted by Gasteiger charge is 2.29. The molecule has 0 aliphatic heterocycles. The van der Waals surface area contributed by atoms with Crippen LogP contribution in [0, 0.1) is 0 Å². The largest absolute Gasteiger partial charge is 0.352 e. The van der Waals surface area contributed by atoms with Gasteiger partial charge in [-0.15, -0.1) is 0 Å². The van der Waals surface area contributed by atoms with E-state index >= 15 is 0 Å². The van der Waals surface area contributed by atoms with Gasteiger partial charge in [-0.1, -0.05) is 61.3 Å². The van der Waals surface area contributed by atoms with Crippen LogP contribution in [0.4, 0.5) is 0 Å². The van der Waals surface area contributed by atoms with Crippen LogP contribution in [0.2, 0.25) is 10.0 Å². The van der Waals surface area contributed by atoms with E-state index in [1.165, 1.54) is 0 Å². The molecular formula is C23H28Cl2N2O2. The normalized spacial score (nSPS) is 12.9. The average molecular weight is 435 g/mol. The molecule has 0 heterocycles. The molecule has 0 radical (unpaired) electrons. The van der Waals surface area contributed by atoms with Gasteiger partial charge in [0.1, 0.15) is 6.04 Å². The van der Waals surface area contributed by atoms with E-state index in [4.69, 9.17) is 23.2 Å². The zero-order valence-corrected chi connectivity index (χ0v) is 18.6. The van der Waals surface area contributed by atoms with Gasteiger partial charge in [-0.2, -0.15) is 0 Å². The number of nitrogens with one attached hydrogen (secondary N) is 1. The van der Waals surface area contributed by atoms with Gasteiger partial charge < -0.3 is 10.2 Å². The first-order valence-electron chi connectivity index (χ1n) is 9.92. The zero-order chi connectivity index (χ0) is 21.4. The predicted molar refractivity (Wildman–Crippen MR) is 119 cm³/mol. The summed E-state index contributed by atoms with van der Waals surface area (Å²) < 4.78 is 0. The number of amides is 2. The summed E-state index contributed by atoms with van der Waals surface area (Å²) in [5.41, 5.74) is 1.74. The third-order valence-corrected chi connectivity index (χ3v) is 5.38. The van der Waals surface area contributed by atoms with Crippen LogP contribution in [0.25, 0.3) is 0 Å². The number of hydrogen-bond donors (Lipinski definition) is 1. The predicted octanol–water partition coefficient (Wildman–Crippen LogP) is 5.26. The van der Waals surface area contributed by atoms with E-state index in [9.17, 15) is 9.59 Å². The minimum atomic E-state index is -0.550. The van der Waals surface area contributed by atoms with E-state index in [1.807, 2.05) is 45.0 Å². The molecule has 0 saturated heterocycles. The van der Waals surface area contributed by atoms with E-state index in [-0.39, 0.29) is 24.3 Å². The smallest absolute Gasteiger partial charge is 0.243 e. The summed E-state index contributed by atoms with van der Waals surface area (Å²) in [6, 6.07) is 14.1. The summed E-state index contributed by atoms with van der Waals surface area (Å²) >= 11 is 12.1. The van der Waals surface area contributed by atoms with E-state index < -0.39 is 6.04 Å². The van der Waals surface area contributed by atoms with Crippen molar-refractivity contribution < 1.29 is 9.59 Å². The maximum atomic E-state index is 13.2. The second-order valence-electron chi connectivity index (χ2n) is 7.20. The van der Waals surface area contributed by atoms with Crippen molar-refractivity contribution in [2.24, 2.45) is 0 Å². The maximum absolute atomic E-state index is 13.2. The Morgan fingerprint density at radius 1 is 0.966 bits per heavy atom. The van der Waals surface area contributed by atoms with Crippen LogP contribution in [0.3, 0.4) is 0 Å². The molecule has 0 fully saturated rings. The first kappa shape index (κ1) is 23.2. The lowest BCUT2D eigenvalue weighted by Gasteiger charge is -2.31. The van der Waals surface area contributed by atoms with Crippen LogP contribution < -0.4 is 5.32 Å². The fourth-order valence-corrected chi connectivity index (χ4v) is 3.41. The summed E-state index contributed by atoms with van der Waals surface area (Å²) in [4.78, 5) is 27.8. The van der Waals surface area contributed by atoms with Gasteiger partial charge in [0.2, 0.25) is 11.8 Å². The van der Waals surface area contributed by atoms with E-state index in [0.29, 0.717) is 23.0 Å². The summed E-state index contributed by atoms with van der Waals surface area (Å²) in [5, 5.41) is 4.22. The zero-order valence-electron chi connectivity index (χ0n) is 17.1. The van der Waals surface area contributed by atoms with E-state index in [0.717, 1.165) is 17.5 Å². The van der Waals surface area contributed by atoms with Crippen LogP contribution in [0.15, 0.2) is 48.5 Å². The Bertz CT molecular complexity index is 824. The standard InChI is InChI=1S/C23H28Cl2N2O2/c1-4-16(3)26-23(29)21(5-2)27(15-17-9-11-19(24)12-10-17)22(28)14-18-7-6-8-20(25)13-18/h6-13,16,21H,4-5,14-15H2,1-3H3,(H,26,29)/t16-,21+/m1/s1. The minimum Gasteiger partial charge on any atom is -0.352 e. The molecule has 0 unspecified atom stereocenters. The third-order valence-electron chi connectivity index (χ3n) is 4.90. The van der Waals surface area contributed by atoms with Gasteiger partial charge >= 0.3 is 0 Å². The van der Waals surface area contributed by atoms with Gasteiger partial charge in [-0.25, -0.2) is 0 Å². The van der Waals surface area contributed by atoms with Crippen LogP contribution in [-0.2, 0) is 22.6 Å². The third kappa shape index (κ3) is 7.06. The number of carbonyl (C=O) groups is 2. The van der Waals surface area contributed by atoms with Crippen molar-refractivity contribution in [2.75, 3.05) is 0 Å². The molecule has 2 aromatic rings. The molecule has 0 spiro atoms. The first-order valence-corrected chi connectivity index (χ1v) is 10.7. The SMILES string of the molecule is CC[C@@H](C)NC(=O)[C@H](CC)N(Cc1ccc(Cl)cc1)C(=O)Cc1cccc(Cl)c1. The topological polar surface area (TPSA) is 49.4 Å². The molecule has 0 bridgehead atoms. The van der Waals surface area contributed by atoms with E-state index in [2.05, 4.69) is 5.32 Å². The van der Waals surface area contributed by atoms with Gasteiger partial charge in [0.05, 0.1) is 6.42 Å². The van der Waals surface area contributed by atoms with Gasteiger partial charge in [-0.3, -0.25) is 9.59 Å². The molecule has 0 saturated carbocycles. The first-order chi connectivity index (χ1) is 13.8. The van der Waals surface area contributed by atoms with Crippen molar-refractivity contribution in [1.29, 1.82) is 0 Å². The summed E-state index contributed by atoms with van der Waals surface area (Å²) in [5.74, 6) is -0.247. The second kappa shape index (κ2) is 11.2. The van der Waals surface area contributed by atoms with Gasteiger partial charge in [0.15, 0.2) is 0 Å². The Hall–Kier alpha value is -2.04. The molecule has 1 N–H and O–H groups in total. The molecule has 2 atom stereocenters. The summed E-state index contributed by atoms with van der Waals surface area (Å²) in [6.45, 7) is 6.23. The number of carbonyl (C=O) groups excluding carboxylic acids is 2. The quantitative estimate of drug-likeness (QED) is 0.584. The molecular weight excluding hydrogens is 407 g/mol. The van der Waals surface area contributed by atoms with Crippen molar-refractivity contribution in [1.82, 2.24) is 10.2 Å². The highest BCUT2D eigenvalue weighted by Crippen LogP contribution is 2.18. The Labute approximate surface area is 183 Å². The lowest BCUT2D eigenvalue weighted by molar-refractivity contribution is -0.141. The number of nitrogens with zero attached hydrogens (tertiary/aromatic N) is 1. The minimum absolute atomic E-state index is 0.0527. The molecule has 2 rings (SSSR count). The highest BCUT2D eigenvalue weighted by molar-refractivity contribution is 6.30. The van der Waals surface area contributed by atoms with E-state index in [1.54, 1.807) is 29.2 Å². The molecule has 6 heteroatoms. The number of hydrogen-bond acceptors (Lipinski definition) is 2. The molecule has 0 aliphatic carbocycles. The van der Waals surface area contributed by atoms with Crippen LogP contribution >= 0.6 is 23.2 Å². The van der Waals surface area contributed by atoms with Crippen molar-refractivity contribution in [3.05, 3.63) is 69.7 Å². The maximum Gasteiger partial charge on any atom is 0.243 e. The Balaban J connectivity index is 2.28. The van der Waals surface area contributed by atoms with Crippen LogP contribution in [0.1, 0.15) is 44.7 Å². The fourth-order valence-electron chi connectivity index (χ4n) is 3.07. The Kier molecular flexibility index (Phi) is 8.99. The Morgan fingerprint density at radius 2 is 1.66 bits per heavy atom. The lowest BCUT2D eigenvalue weighted by atomic mass is 10.1. The van der Waals surface area contributed by atoms with Crippen molar-refractivity contribution in [3.63, 3.8) is 0 Å². The van der Waals surface area contributed by atoms with Crippen molar-refractivity contribution >= 4 is 35.0 Å². The molecule has 29 heavy (non-hydrogen) atoms. The number of rotatable bonds is 9. The summed E-state index contributed by atoms with van der Waals surface area (Å²) in [6.07, 6.45) is 1.54. The lowest BCUT2D eigenvalue weighted by Crippen LogP contribution is -2.51. The average Bonchev–Trinajstić information content (AvgIpc) is 2.69. The van der Waals surface area contributed by atoms with Crippen molar-refractivity contribution in [2.45, 2.75) is 58.7 Å².